The lowest BCUT2D eigenvalue weighted by Crippen LogP contribution is -2.17. The van der Waals surface area contributed by atoms with Crippen molar-refractivity contribution in [3.63, 3.8) is 0 Å². The minimum Gasteiger partial charge on any atom is -0.493 e. The summed E-state index contributed by atoms with van der Waals surface area (Å²) in [6.07, 6.45) is 0. The number of rotatable bonds is 5. The number of aromatic amines is 1. The van der Waals surface area contributed by atoms with E-state index < -0.39 is 11.9 Å². The summed E-state index contributed by atoms with van der Waals surface area (Å²) >= 11 is 6.22. The summed E-state index contributed by atoms with van der Waals surface area (Å²) in [6.45, 7) is 1.77. The van der Waals surface area contributed by atoms with Crippen molar-refractivity contribution in [1.82, 2.24) is 4.98 Å². The lowest BCUT2D eigenvalue weighted by atomic mass is 9.87. The van der Waals surface area contributed by atoms with Crippen LogP contribution in [0.4, 0.5) is 5.69 Å². The van der Waals surface area contributed by atoms with E-state index in [-0.39, 0.29) is 5.91 Å². The number of ether oxygens (including phenoxy) is 3. The van der Waals surface area contributed by atoms with Crippen molar-refractivity contribution in [2.45, 2.75) is 12.8 Å². The maximum Gasteiger partial charge on any atom is 0.340 e. The van der Waals surface area contributed by atoms with Gasteiger partial charge >= 0.3 is 5.97 Å². The van der Waals surface area contributed by atoms with E-state index in [0.717, 1.165) is 5.56 Å². The smallest absolute Gasteiger partial charge is 0.340 e. The molecule has 1 aliphatic heterocycles. The van der Waals surface area contributed by atoms with Crippen molar-refractivity contribution in [2.24, 2.45) is 0 Å². The molecule has 8 heteroatoms. The zero-order valence-corrected chi connectivity index (χ0v) is 18.2. The Labute approximate surface area is 184 Å². The third kappa shape index (κ3) is 3.41. The normalized spacial score (nSPS) is 14.7. The summed E-state index contributed by atoms with van der Waals surface area (Å²) in [4.78, 5) is 29.0. The molecule has 0 radical (unpaired) electrons. The zero-order valence-electron chi connectivity index (χ0n) is 17.5. The second-order valence-electron chi connectivity index (χ2n) is 7.13. The molecule has 2 N–H and O–H groups in total. The number of nitrogens with one attached hydrogen (secondary N) is 2. The number of hydrogen-bond acceptors (Lipinski definition) is 5. The van der Waals surface area contributed by atoms with Crippen LogP contribution in [0.25, 0.3) is 11.3 Å². The van der Waals surface area contributed by atoms with Crippen LogP contribution in [0, 0.1) is 6.92 Å². The molecule has 2 aromatic carbocycles. The number of hydrogen-bond donors (Lipinski definition) is 2. The summed E-state index contributed by atoms with van der Waals surface area (Å²) in [5, 5.41) is 3.38. The first-order valence-corrected chi connectivity index (χ1v) is 9.90. The molecule has 1 amide bonds. The first kappa shape index (κ1) is 20.8. The fourth-order valence-corrected chi connectivity index (χ4v) is 4.22. The highest BCUT2D eigenvalue weighted by Gasteiger charge is 2.39. The van der Waals surface area contributed by atoms with Gasteiger partial charge in [0.15, 0.2) is 11.5 Å². The summed E-state index contributed by atoms with van der Waals surface area (Å²) in [5.41, 5.74) is 4.14. The Morgan fingerprint density at radius 3 is 2.45 bits per heavy atom. The van der Waals surface area contributed by atoms with Crippen LogP contribution in [0.3, 0.4) is 0 Å². The van der Waals surface area contributed by atoms with Crippen LogP contribution in [0.5, 0.6) is 11.5 Å². The molecule has 2 heterocycles. The molecule has 0 saturated heterocycles. The summed E-state index contributed by atoms with van der Waals surface area (Å²) < 4.78 is 15.8. The number of carbonyl (C=O) groups excluding carboxylic acids is 2. The van der Waals surface area contributed by atoms with Gasteiger partial charge in [-0.05, 0) is 48.9 Å². The summed E-state index contributed by atoms with van der Waals surface area (Å²) in [7, 11) is 4.42. The van der Waals surface area contributed by atoms with E-state index in [1.165, 1.54) is 7.11 Å². The Morgan fingerprint density at radius 1 is 1.03 bits per heavy atom. The standard InChI is InChI=1S/C23H21ClN2O5/c1-11-18(23(28)31-4)20(19-14-10-13(24)6-7-15(14)26-22(19)27)21(25-11)12-5-8-16(29-2)17(9-12)30-3/h5-10,19,25H,1-4H3,(H,26,27). The average molecular weight is 441 g/mol. The van der Waals surface area contributed by atoms with E-state index in [2.05, 4.69) is 10.3 Å². The number of methoxy groups -OCH3 is 3. The van der Waals surface area contributed by atoms with Crippen LogP contribution < -0.4 is 14.8 Å². The minimum atomic E-state index is -0.740. The summed E-state index contributed by atoms with van der Waals surface area (Å²) in [5.74, 6) is -0.421. The SMILES string of the molecule is COC(=O)c1c(C)[nH]c(-c2ccc(OC)c(OC)c2)c1C1C(=O)Nc2ccc(Cl)cc21. The van der Waals surface area contributed by atoms with Crippen LogP contribution >= 0.6 is 11.6 Å². The number of H-pyrrole nitrogens is 1. The van der Waals surface area contributed by atoms with E-state index in [1.54, 1.807) is 51.5 Å². The first-order valence-electron chi connectivity index (χ1n) is 9.53. The second-order valence-corrected chi connectivity index (χ2v) is 7.57. The third-order valence-corrected chi connectivity index (χ3v) is 5.66. The highest BCUT2D eigenvalue weighted by Crippen LogP contribution is 2.45. The molecule has 0 aliphatic carbocycles. The Hall–Kier alpha value is -3.45. The number of amides is 1. The molecule has 4 rings (SSSR count). The molecule has 7 nitrogen and oxygen atoms in total. The molecule has 1 aliphatic rings. The quantitative estimate of drug-likeness (QED) is 0.569. The molecule has 0 fully saturated rings. The number of halogens is 1. The van der Waals surface area contributed by atoms with Crippen molar-refractivity contribution >= 4 is 29.2 Å². The molecule has 3 aromatic rings. The van der Waals surface area contributed by atoms with Gasteiger partial charge in [-0.25, -0.2) is 4.79 Å². The van der Waals surface area contributed by atoms with Gasteiger partial charge in [-0.15, -0.1) is 0 Å². The molecule has 0 saturated carbocycles. The number of benzene rings is 2. The topological polar surface area (TPSA) is 89.7 Å². The van der Waals surface area contributed by atoms with Gasteiger partial charge in [0.1, 0.15) is 0 Å². The van der Waals surface area contributed by atoms with Crippen molar-refractivity contribution in [1.29, 1.82) is 0 Å². The molecule has 1 unspecified atom stereocenters. The summed E-state index contributed by atoms with van der Waals surface area (Å²) in [6, 6.07) is 10.6. The van der Waals surface area contributed by atoms with Gasteiger partial charge in [0, 0.05) is 27.5 Å². The molecule has 0 spiro atoms. The fourth-order valence-electron chi connectivity index (χ4n) is 4.04. The Balaban J connectivity index is 1.99. The highest BCUT2D eigenvalue weighted by molar-refractivity contribution is 6.31. The van der Waals surface area contributed by atoms with E-state index in [1.807, 2.05) is 6.07 Å². The molecule has 0 bridgehead atoms. The van der Waals surface area contributed by atoms with Crippen molar-refractivity contribution < 1.29 is 23.8 Å². The molecule has 160 valence electrons. The van der Waals surface area contributed by atoms with Crippen LogP contribution in [0.1, 0.15) is 33.1 Å². The number of fused-ring (bicyclic) bond motifs is 1. The molecular weight excluding hydrogens is 420 g/mol. The Morgan fingerprint density at radius 2 is 1.77 bits per heavy atom. The minimum absolute atomic E-state index is 0.247. The van der Waals surface area contributed by atoms with Gasteiger partial charge in [-0.2, -0.15) is 0 Å². The largest absolute Gasteiger partial charge is 0.493 e. The number of esters is 1. The highest BCUT2D eigenvalue weighted by atomic mass is 35.5. The lowest BCUT2D eigenvalue weighted by molar-refractivity contribution is -0.116. The first-order chi connectivity index (χ1) is 14.9. The number of aryl methyl sites for hydroxylation is 1. The average Bonchev–Trinajstić information content (AvgIpc) is 3.27. The van der Waals surface area contributed by atoms with Crippen molar-refractivity contribution in [3.8, 4) is 22.8 Å². The van der Waals surface area contributed by atoms with E-state index in [9.17, 15) is 9.59 Å². The van der Waals surface area contributed by atoms with E-state index >= 15 is 0 Å². The van der Waals surface area contributed by atoms with Gasteiger partial charge in [0.25, 0.3) is 0 Å². The predicted octanol–water partition coefficient (Wildman–Crippen LogP) is 4.53. The molecule has 1 atom stereocenters. The predicted molar refractivity (Wildman–Crippen MR) is 117 cm³/mol. The monoisotopic (exact) mass is 440 g/mol. The second kappa shape index (κ2) is 8.00. The van der Waals surface area contributed by atoms with E-state index in [4.69, 9.17) is 25.8 Å². The van der Waals surface area contributed by atoms with Crippen molar-refractivity contribution in [2.75, 3.05) is 26.6 Å². The number of carbonyl (C=O) groups is 2. The zero-order chi connectivity index (χ0) is 22.3. The van der Waals surface area contributed by atoms with Crippen molar-refractivity contribution in [3.05, 3.63) is 63.8 Å². The number of anilines is 1. The van der Waals surface area contributed by atoms with Gasteiger partial charge in [0.05, 0.1) is 38.5 Å². The molecule has 31 heavy (non-hydrogen) atoms. The van der Waals surface area contributed by atoms with Crippen LogP contribution in [-0.4, -0.2) is 38.2 Å². The fraction of sp³-hybridized carbons (Fsp3) is 0.217. The van der Waals surface area contributed by atoms with Crippen LogP contribution in [-0.2, 0) is 9.53 Å². The van der Waals surface area contributed by atoms with Crippen LogP contribution in [0.15, 0.2) is 36.4 Å². The Kier molecular flexibility index (Phi) is 5.37. The van der Waals surface area contributed by atoms with Crippen LogP contribution in [0.2, 0.25) is 5.02 Å². The Bertz CT molecular complexity index is 1200. The van der Waals surface area contributed by atoms with E-state index in [0.29, 0.717) is 50.3 Å². The van der Waals surface area contributed by atoms with Gasteiger partial charge in [-0.1, -0.05) is 11.6 Å². The van der Waals surface area contributed by atoms with Gasteiger partial charge < -0.3 is 24.5 Å². The maximum atomic E-state index is 13.1. The van der Waals surface area contributed by atoms with Gasteiger partial charge in [-0.3, -0.25) is 4.79 Å². The van der Waals surface area contributed by atoms with Gasteiger partial charge in [0.2, 0.25) is 5.91 Å². The number of aromatic nitrogens is 1. The molecular formula is C23H21ClN2O5. The third-order valence-electron chi connectivity index (χ3n) is 5.42. The molecule has 1 aromatic heterocycles. The maximum absolute atomic E-state index is 13.1. The lowest BCUT2D eigenvalue weighted by Gasteiger charge is -2.15.